The molecular formula is C12H15ClO3. The highest BCUT2D eigenvalue weighted by Crippen LogP contribution is 2.25. The number of carbonyl (C=O) groups is 1. The monoisotopic (exact) mass is 242 g/mol. The lowest BCUT2D eigenvalue weighted by atomic mass is 10.0. The Morgan fingerprint density at radius 1 is 1.56 bits per heavy atom. The van der Waals surface area contributed by atoms with Crippen LogP contribution in [-0.2, 0) is 4.79 Å². The van der Waals surface area contributed by atoms with Gasteiger partial charge < -0.3 is 9.84 Å². The quantitative estimate of drug-likeness (QED) is 0.861. The molecule has 0 amide bonds. The van der Waals surface area contributed by atoms with Crippen molar-refractivity contribution < 1.29 is 14.6 Å². The third-order valence-electron chi connectivity index (χ3n) is 2.32. The summed E-state index contributed by atoms with van der Waals surface area (Å²) in [6.07, 6.45) is 1.19. The number of benzene rings is 1. The van der Waals surface area contributed by atoms with Crippen molar-refractivity contribution in [3.05, 3.63) is 29.3 Å². The highest BCUT2D eigenvalue weighted by atomic mass is 35.5. The lowest BCUT2D eigenvalue weighted by molar-refractivity contribution is -0.154. The molecule has 0 aromatic heterocycles. The van der Waals surface area contributed by atoms with E-state index in [2.05, 4.69) is 0 Å². The summed E-state index contributed by atoms with van der Waals surface area (Å²) in [4.78, 5) is 11.1. The number of carboxylic acids is 1. The number of carboxylic acid groups (broad SMARTS) is 1. The molecule has 1 atom stereocenters. The molecule has 88 valence electrons. The van der Waals surface area contributed by atoms with Gasteiger partial charge in [0.05, 0.1) is 0 Å². The summed E-state index contributed by atoms with van der Waals surface area (Å²) in [7, 11) is 0. The number of halogens is 1. The van der Waals surface area contributed by atoms with Crippen molar-refractivity contribution in [1.82, 2.24) is 0 Å². The van der Waals surface area contributed by atoms with Gasteiger partial charge in [0.15, 0.2) is 0 Å². The fourth-order valence-corrected chi connectivity index (χ4v) is 1.65. The molecule has 0 saturated carbocycles. The molecular weight excluding hydrogens is 228 g/mol. The standard InChI is InChI=1S/C12H15ClO3/c1-3-7-12(2,11(14)15)16-10-6-4-5-9(13)8-10/h4-6,8H,3,7H2,1-2H3,(H,14,15). The Morgan fingerprint density at radius 2 is 2.25 bits per heavy atom. The van der Waals surface area contributed by atoms with E-state index in [1.54, 1.807) is 31.2 Å². The Labute approximate surface area is 100.0 Å². The average Bonchev–Trinajstić information content (AvgIpc) is 2.17. The largest absolute Gasteiger partial charge is 0.478 e. The second kappa shape index (κ2) is 5.21. The molecule has 1 aromatic rings. The Hall–Kier alpha value is -1.22. The van der Waals surface area contributed by atoms with Gasteiger partial charge in [-0.05, 0) is 31.5 Å². The van der Waals surface area contributed by atoms with Gasteiger partial charge in [0.1, 0.15) is 5.75 Å². The molecule has 4 heteroatoms. The van der Waals surface area contributed by atoms with Crippen LogP contribution >= 0.6 is 11.6 Å². The van der Waals surface area contributed by atoms with Crippen molar-refractivity contribution in [2.75, 3.05) is 0 Å². The van der Waals surface area contributed by atoms with Crippen molar-refractivity contribution in [3.63, 3.8) is 0 Å². The van der Waals surface area contributed by atoms with Gasteiger partial charge in [0, 0.05) is 5.02 Å². The Balaban J connectivity index is 2.87. The Bertz CT molecular complexity index is 378. The van der Waals surface area contributed by atoms with E-state index < -0.39 is 11.6 Å². The van der Waals surface area contributed by atoms with Crippen LogP contribution in [0.1, 0.15) is 26.7 Å². The second-order valence-corrected chi connectivity index (χ2v) is 4.28. The molecule has 0 heterocycles. The number of hydrogen-bond acceptors (Lipinski definition) is 2. The number of hydrogen-bond donors (Lipinski definition) is 1. The van der Waals surface area contributed by atoms with Gasteiger partial charge in [-0.3, -0.25) is 0 Å². The van der Waals surface area contributed by atoms with E-state index in [0.717, 1.165) is 6.42 Å². The van der Waals surface area contributed by atoms with E-state index in [4.69, 9.17) is 21.4 Å². The number of rotatable bonds is 5. The minimum Gasteiger partial charge on any atom is -0.478 e. The third-order valence-corrected chi connectivity index (χ3v) is 2.55. The molecule has 1 rings (SSSR count). The van der Waals surface area contributed by atoms with Crippen LogP contribution in [0.5, 0.6) is 5.75 Å². The van der Waals surface area contributed by atoms with Gasteiger partial charge >= 0.3 is 5.97 Å². The van der Waals surface area contributed by atoms with Crippen LogP contribution in [0.4, 0.5) is 0 Å². The normalized spacial score (nSPS) is 14.2. The first-order valence-corrected chi connectivity index (χ1v) is 5.53. The smallest absolute Gasteiger partial charge is 0.347 e. The minimum absolute atomic E-state index is 0.453. The molecule has 0 aliphatic heterocycles. The topological polar surface area (TPSA) is 46.5 Å². The van der Waals surface area contributed by atoms with Crippen LogP contribution in [0.15, 0.2) is 24.3 Å². The fourth-order valence-electron chi connectivity index (χ4n) is 1.47. The Morgan fingerprint density at radius 3 is 2.75 bits per heavy atom. The Kier molecular flexibility index (Phi) is 4.19. The first kappa shape index (κ1) is 12.8. The van der Waals surface area contributed by atoms with Crippen molar-refractivity contribution in [1.29, 1.82) is 0 Å². The summed E-state index contributed by atoms with van der Waals surface area (Å²) in [5, 5.41) is 9.67. The molecule has 0 saturated heterocycles. The highest BCUT2D eigenvalue weighted by molar-refractivity contribution is 6.30. The van der Waals surface area contributed by atoms with Crippen LogP contribution in [0.2, 0.25) is 5.02 Å². The molecule has 0 spiro atoms. The summed E-state index contributed by atoms with van der Waals surface area (Å²) >= 11 is 5.80. The van der Waals surface area contributed by atoms with E-state index in [1.807, 2.05) is 6.92 Å². The third kappa shape index (κ3) is 3.14. The van der Waals surface area contributed by atoms with Crippen LogP contribution in [-0.4, -0.2) is 16.7 Å². The molecule has 0 radical (unpaired) electrons. The van der Waals surface area contributed by atoms with Crippen molar-refractivity contribution >= 4 is 17.6 Å². The number of aliphatic carboxylic acids is 1. The fraction of sp³-hybridized carbons (Fsp3) is 0.417. The van der Waals surface area contributed by atoms with Crippen LogP contribution in [0.25, 0.3) is 0 Å². The maximum absolute atomic E-state index is 11.1. The maximum Gasteiger partial charge on any atom is 0.347 e. The van der Waals surface area contributed by atoms with Gasteiger partial charge in [-0.1, -0.05) is 31.0 Å². The first-order valence-electron chi connectivity index (χ1n) is 5.16. The SMILES string of the molecule is CCCC(C)(Oc1cccc(Cl)c1)C(=O)O. The lowest BCUT2D eigenvalue weighted by Gasteiger charge is -2.25. The van der Waals surface area contributed by atoms with Gasteiger partial charge in [0.25, 0.3) is 0 Å². The van der Waals surface area contributed by atoms with E-state index in [0.29, 0.717) is 17.2 Å². The van der Waals surface area contributed by atoms with E-state index >= 15 is 0 Å². The van der Waals surface area contributed by atoms with Crippen LogP contribution < -0.4 is 4.74 Å². The van der Waals surface area contributed by atoms with Crippen LogP contribution in [0, 0.1) is 0 Å². The molecule has 0 fully saturated rings. The predicted molar refractivity (Wildman–Crippen MR) is 63.0 cm³/mol. The predicted octanol–water partition coefficient (Wildman–Crippen LogP) is 3.36. The first-order chi connectivity index (χ1) is 7.48. The molecule has 0 aliphatic rings. The summed E-state index contributed by atoms with van der Waals surface area (Å²) in [6.45, 7) is 3.49. The van der Waals surface area contributed by atoms with Crippen LogP contribution in [0.3, 0.4) is 0 Å². The van der Waals surface area contributed by atoms with E-state index in [-0.39, 0.29) is 0 Å². The molecule has 1 unspecified atom stereocenters. The second-order valence-electron chi connectivity index (χ2n) is 3.85. The van der Waals surface area contributed by atoms with E-state index in [9.17, 15) is 4.79 Å². The van der Waals surface area contributed by atoms with E-state index in [1.165, 1.54) is 0 Å². The van der Waals surface area contributed by atoms with Crippen molar-refractivity contribution in [2.24, 2.45) is 0 Å². The molecule has 1 aromatic carbocycles. The molecule has 0 bridgehead atoms. The highest BCUT2D eigenvalue weighted by Gasteiger charge is 2.34. The summed E-state index contributed by atoms with van der Waals surface area (Å²) in [6, 6.07) is 6.75. The zero-order chi connectivity index (χ0) is 12.2. The van der Waals surface area contributed by atoms with Crippen molar-refractivity contribution in [2.45, 2.75) is 32.3 Å². The van der Waals surface area contributed by atoms with Gasteiger partial charge in [-0.25, -0.2) is 4.79 Å². The minimum atomic E-state index is -1.20. The summed E-state index contributed by atoms with van der Waals surface area (Å²) in [5.74, 6) is -0.486. The van der Waals surface area contributed by atoms with Gasteiger partial charge in [0.2, 0.25) is 5.60 Å². The maximum atomic E-state index is 11.1. The van der Waals surface area contributed by atoms with Gasteiger partial charge in [-0.2, -0.15) is 0 Å². The summed E-state index contributed by atoms with van der Waals surface area (Å²) in [5.41, 5.74) is -1.20. The number of ether oxygens (including phenoxy) is 1. The molecule has 0 aliphatic carbocycles. The molecule has 16 heavy (non-hydrogen) atoms. The molecule has 1 N–H and O–H groups in total. The molecule has 3 nitrogen and oxygen atoms in total. The zero-order valence-electron chi connectivity index (χ0n) is 9.37. The van der Waals surface area contributed by atoms with Crippen molar-refractivity contribution in [3.8, 4) is 5.75 Å². The van der Waals surface area contributed by atoms with Gasteiger partial charge in [-0.15, -0.1) is 0 Å². The summed E-state index contributed by atoms with van der Waals surface area (Å²) < 4.78 is 5.50. The average molecular weight is 243 g/mol. The lowest BCUT2D eigenvalue weighted by Crippen LogP contribution is -2.41. The zero-order valence-corrected chi connectivity index (χ0v) is 10.1.